The van der Waals surface area contributed by atoms with Crippen LogP contribution in [0.5, 0.6) is 0 Å². The Labute approximate surface area is 79.4 Å². The predicted octanol–water partition coefficient (Wildman–Crippen LogP) is 1.78. The summed E-state index contributed by atoms with van der Waals surface area (Å²) in [5, 5.41) is 5.00. The van der Waals surface area contributed by atoms with E-state index in [2.05, 4.69) is 18.3 Å². The summed E-state index contributed by atoms with van der Waals surface area (Å²) < 4.78 is 0. The van der Waals surface area contributed by atoms with E-state index in [9.17, 15) is 4.79 Å². The Morgan fingerprint density at radius 3 is 3.00 bits per heavy atom. The molecule has 0 aromatic carbocycles. The minimum absolute atomic E-state index is 0.135. The maximum Gasteiger partial charge on any atom is 0.231 e. The quantitative estimate of drug-likeness (QED) is 0.747. The zero-order valence-corrected chi connectivity index (χ0v) is 8.30. The lowest BCUT2D eigenvalue weighted by Gasteiger charge is -2.20. The highest BCUT2D eigenvalue weighted by atomic mass is 32.2. The van der Waals surface area contributed by atoms with Gasteiger partial charge in [0.1, 0.15) is 4.87 Å². The van der Waals surface area contributed by atoms with Crippen LogP contribution >= 0.6 is 23.1 Å². The third kappa shape index (κ3) is 1.25. The van der Waals surface area contributed by atoms with E-state index < -0.39 is 0 Å². The fourth-order valence-electron chi connectivity index (χ4n) is 1.23. The van der Waals surface area contributed by atoms with Gasteiger partial charge in [0.25, 0.3) is 0 Å². The molecule has 2 heterocycles. The third-order valence-electron chi connectivity index (χ3n) is 1.86. The summed E-state index contributed by atoms with van der Waals surface area (Å²) in [6.07, 6.45) is 0. The van der Waals surface area contributed by atoms with E-state index >= 15 is 0 Å². The molecule has 1 saturated heterocycles. The van der Waals surface area contributed by atoms with Crippen LogP contribution in [0.2, 0.25) is 0 Å². The van der Waals surface area contributed by atoms with Crippen LogP contribution in [-0.2, 0) is 9.67 Å². The zero-order valence-electron chi connectivity index (χ0n) is 6.66. The van der Waals surface area contributed by atoms with Crippen LogP contribution in [0.3, 0.4) is 0 Å². The Morgan fingerprint density at radius 2 is 2.50 bits per heavy atom. The van der Waals surface area contributed by atoms with E-state index in [1.54, 1.807) is 23.1 Å². The standard InChI is InChI=1S/C8H9NOS2/c1-8(6-3-2-4-11-6)9-7(10)5-12-8/h2-4H,5H2,1H3,(H,9,10). The number of nitrogens with one attached hydrogen (secondary N) is 1. The molecule has 1 aliphatic heterocycles. The average molecular weight is 199 g/mol. The first-order valence-corrected chi connectivity index (χ1v) is 5.56. The molecule has 1 aromatic heterocycles. The number of hydrogen-bond acceptors (Lipinski definition) is 3. The Morgan fingerprint density at radius 1 is 1.67 bits per heavy atom. The molecule has 1 unspecified atom stereocenters. The molecule has 0 bridgehead atoms. The number of amides is 1. The summed E-state index contributed by atoms with van der Waals surface area (Å²) in [5.41, 5.74) is 0. The molecule has 1 amide bonds. The number of thioether (sulfide) groups is 1. The predicted molar refractivity (Wildman–Crippen MR) is 52.3 cm³/mol. The van der Waals surface area contributed by atoms with Gasteiger partial charge < -0.3 is 5.32 Å². The van der Waals surface area contributed by atoms with Crippen molar-refractivity contribution in [2.75, 3.05) is 5.75 Å². The van der Waals surface area contributed by atoms with Crippen molar-refractivity contribution in [3.05, 3.63) is 22.4 Å². The number of hydrogen-bond donors (Lipinski definition) is 1. The highest BCUT2D eigenvalue weighted by molar-refractivity contribution is 8.01. The Kier molecular flexibility index (Phi) is 1.88. The normalized spacial score (nSPS) is 28.9. The first-order chi connectivity index (χ1) is 5.71. The van der Waals surface area contributed by atoms with Crippen molar-refractivity contribution < 1.29 is 4.79 Å². The molecular formula is C8H9NOS2. The van der Waals surface area contributed by atoms with Gasteiger partial charge in [-0.3, -0.25) is 4.79 Å². The lowest BCUT2D eigenvalue weighted by Crippen LogP contribution is -2.33. The monoisotopic (exact) mass is 199 g/mol. The molecular weight excluding hydrogens is 190 g/mol. The summed E-state index contributed by atoms with van der Waals surface area (Å²) in [6.45, 7) is 2.05. The molecule has 1 aliphatic rings. The van der Waals surface area contributed by atoms with Crippen LogP contribution in [-0.4, -0.2) is 11.7 Å². The highest BCUT2D eigenvalue weighted by Crippen LogP contribution is 2.39. The van der Waals surface area contributed by atoms with Gasteiger partial charge in [-0.05, 0) is 18.4 Å². The molecule has 0 radical (unpaired) electrons. The second kappa shape index (κ2) is 2.78. The van der Waals surface area contributed by atoms with Crippen LogP contribution < -0.4 is 5.32 Å². The number of thiophene rings is 1. The second-order valence-corrected chi connectivity index (χ2v) is 5.19. The van der Waals surface area contributed by atoms with Gasteiger partial charge in [0, 0.05) is 4.88 Å². The van der Waals surface area contributed by atoms with Gasteiger partial charge >= 0.3 is 0 Å². The number of rotatable bonds is 1. The molecule has 4 heteroatoms. The molecule has 1 N–H and O–H groups in total. The van der Waals surface area contributed by atoms with Gasteiger partial charge in [0.15, 0.2) is 0 Å². The van der Waals surface area contributed by atoms with Gasteiger partial charge in [-0.25, -0.2) is 0 Å². The molecule has 0 saturated carbocycles. The van der Waals surface area contributed by atoms with Crippen molar-refractivity contribution in [3.63, 3.8) is 0 Å². The van der Waals surface area contributed by atoms with Gasteiger partial charge in [0.2, 0.25) is 5.91 Å². The van der Waals surface area contributed by atoms with Crippen molar-refractivity contribution in [2.24, 2.45) is 0 Å². The molecule has 12 heavy (non-hydrogen) atoms. The van der Waals surface area contributed by atoms with E-state index in [0.29, 0.717) is 5.75 Å². The average Bonchev–Trinajstić information content (AvgIpc) is 2.59. The van der Waals surface area contributed by atoms with Crippen molar-refractivity contribution in [1.29, 1.82) is 0 Å². The lowest BCUT2D eigenvalue weighted by atomic mass is 10.2. The SMILES string of the molecule is CC1(c2cccs2)NC(=O)CS1. The Hall–Kier alpha value is -0.480. The summed E-state index contributed by atoms with van der Waals surface area (Å²) in [7, 11) is 0. The lowest BCUT2D eigenvalue weighted by molar-refractivity contribution is -0.118. The molecule has 0 aliphatic carbocycles. The summed E-state index contributed by atoms with van der Waals surface area (Å²) in [4.78, 5) is 12.1. The summed E-state index contributed by atoms with van der Waals surface area (Å²) in [6, 6.07) is 4.07. The molecule has 1 atom stereocenters. The van der Waals surface area contributed by atoms with E-state index in [4.69, 9.17) is 0 Å². The van der Waals surface area contributed by atoms with E-state index in [0.717, 1.165) is 0 Å². The highest BCUT2D eigenvalue weighted by Gasteiger charge is 2.36. The van der Waals surface area contributed by atoms with Crippen LogP contribution in [0.4, 0.5) is 0 Å². The smallest absolute Gasteiger partial charge is 0.231 e. The summed E-state index contributed by atoms with van der Waals surface area (Å²) in [5.74, 6) is 0.713. The Balaban J connectivity index is 2.28. The molecule has 64 valence electrons. The zero-order chi connectivity index (χ0) is 8.60. The largest absolute Gasteiger partial charge is 0.336 e. The second-order valence-electron chi connectivity index (χ2n) is 2.85. The number of carbonyl (C=O) groups is 1. The topological polar surface area (TPSA) is 29.1 Å². The minimum Gasteiger partial charge on any atom is -0.336 e. The van der Waals surface area contributed by atoms with Crippen molar-refractivity contribution in [2.45, 2.75) is 11.8 Å². The minimum atomic E-state index is -0.175. The molecule has 1 fully saturated rings. The number of carbonyl (C=O) groups excluding carboxylic acids is 1. The van der Waals surface area contributed by atoms with Gasteiger partial charge in [0.05, 0.1) is 5.75 Å². The molecule has 1 aromatic rings. The van der Waals surface area contributed by atoms with Gasteiger partial charge in [-0.1, -0.05) is 6.07 Å². The van der Waals surface area contributed by atoms with Crippen LogP contribution in [0.25, 0.3) is 0 Å². The molecule has 2 rings (SSSR count). The van der Waals surface area contributed by atoms with Crippen LogP contribution in [0.15, 0.2) is 17.5 Å². The fourth-order valence-corrected chi connectivity index (χ4v) is 3.18. The van der Waals surface area contributed by atoms with Crippen LogP contribution in [0.1, 0.15) is 11.8 Å². The molecule has 2 nitrogen and oxygen atoms in total. The van der Waals surface area contributed by atoms with Crippen molar-refractivity contribution >= 4 is 29.0 Å². The summed E-state index contributed by atoms with van der Waals surface area (Å²) >= 11 is 3.35. The maximum atomic E-state index is 11.0. The van der Waals surface area contributed by atoms with E-state index in [1.807, 2.05) is 11.4 Å². The maximum absolute atomic E-state index is 11.0. The van der Waals surface area contributed by atoms with Gasteiger partial charge in [-0.15, -0.1) is 23.1 Å². The van der Waals surface area contributed by atoms with Crippen molar-refractivity contribution in [1.82, 2.24) is 5.32 Å². The fraction of sp³-hybridized carbons (Fsp3) is 0.375. The Bertz CT molecular complexity index is 296. The third-order valence-corrected chi connectivity index (χ3v) is 4.39. The van der Waals surface area contributed by atoms with E-state index in [-0.39, 0.29) is 10.8 Å². The van der Waals surface area contributed by atoms with E-state index in [1.165, 1.54) is 4.88 Å². The van der Waals surface area contributed by atoms with Crippen molar-refractivity contribution in [3.8, 4) is 0 Å². The van der Waals surface area contributed by atoms with Gasteiger partial charge in [-0.2, -0.15) is 0 Å². The first kappa shape index (κ1) is 8.13. The first-order valence-electron chi connectivity index (χ1n) is 3.70. The molecule has 0 spiro atoms. The van der Waals surface area contributed by atoms with Crippen LogP contribution in [0, 0.1) is 0 Å².